The number of ether oxygens (including phenoxy) is 1. The Morgan fingerprint density at radius 2 is 2.32 bits per heavy atom. The third-order valence-electron chi connectivity index (χ3n) is 3.10. The van der Waals surface area contributed by atoms with Gasteiger partial charge in [0.1, 0.15) is 12.4 Å². The van der Waals surface area contributed by atoms with Crippen molar-refractivity contribution in [2.75, 3.05) is 11.9 Å². The van der Waals surface area contributed by atoms with Crippen LogP contribution in [0.25, 0.3) is 0 Å². The quantitative estimate of drug-likeness (QED) is 0.673. The van der Waals surface area contributed by atoms with Crippen molar-refractivity contribution in [3.63, 3.8) is 0 Å². The molecule has 98 valence electrons. The third kappa shape index (κ3) is 1.88. The number of rotatable bonds is 3. The Labute approximate surface area is 109 Å². The lowest BCUT2D eigenvalue weighted by Gasteiger charge is -2.12. The van der Waals surface area contributed by atoms with Crippen LogP contribution in [0, 0.1) is 10.1 Å². The van der Waals surface area contributed by atoms with Crippen molar-refractivity contribution in [3.05, 3.63) is 46.3 Å². The molecule has 2 aromatic rings. The Bertz CT molecular complexity index is 638. The molecule has 3 rings (SSSR count). The molecule has 2 heterocycles. The highest BCUT2D eigenvalue weighted by molar-refractivity contribution is 5.55. The van der Waals surface area contributed by atoms with Gasteiger partial charge in [-0.15, -0.1) is 0 Å². The SMILES string of the molecule is Cn1cnc([N+](=O)[O-])c1NC1COc2ccccc21. The molecule has 1 aromatic carbocycles. The Morgan fingerprint density at radius 3 is 3.11 bits per heavy atom. The fourth-order valence-corrected chi connectivity index (χ4v) is 2.17. The van der Waals surface area contributed by atoms with Gasteiger partial charge < -0.3 is 20.2 Å². The lowest BCUT2D eigenvalue weighted by atomic mass is 10.1. The molecule has 0 amide bonds. The summed E-state index contributed by atoms with van der Waals surface area (Å²) in [6, 6.07) is 7.54. The molecular weight excluding hydrogens is 248 g/mol. The number of imidazole rings is 1. The van der Waals surface area contributed by atoms with Crippen molar-refractivity contribution < 1.29 is 9.66 Å². The Balaban J connectivity index is 1.91. The summed E-state index contributed by atoms with van der Waals surface area (Å²) in [5, 5.41) is 14.0. The van der Waals surface area contributed by atoms with E-state index in [0.717, 1.165) is 11.3 Å². The van der Waals surface area contributed by atoms with E-state index in [-0.39, 0.29) is 11.9 Å². The average molecular weight is 260 g/mol. The van der Waals surface area contributed by atoms with E-state index in [1.54, 1.807) is 11.6 Å². The zero-order valence-electron chi connectivity index (χ0n) is 10.2. The second kappa shape index (κ2) is 4.27. The predicted molar refractivity (Wildman–Crippen MR) is 68.2 cm³/mol. The van der Waals surface area contributed by atoms with Gasteiger partial charge in [0.05, 0.1) is 6.04 Å². The van der Waals surface area contributed by atoms with Crippen LogP contribution in [0.5, 0.6) is 5.75 Å². The fraction of sp³-hybridized carbons (Fsp3) is 0.250. The second-order valence-corrected chi connectivity index (χ2v) is 4.33. The summed E-state index contributed by atoms with van der Waals surface area (Å²) in [6.45, 7) is 0.446. The molecular formula is C12H12N4O3. The zero-order chi connectivity index (χ0) is 13.4. The van der Waals surface area contributed by atoms with Gasteiger partial charge >= 0.3 is 5.82 Å². The maximum atomic E-state index is 10.9. The number of fused-ring (bicyclic) bond motifs is 1. The summed E-state index contributed by atoms with van der Waals surface area (Å²) < 4.78 is 7.13. The Hall–Kier alpha value is -2.57. The van der Waals surface area contributed by atoms with Gasteiger partial charge in [0.15, 0.2) is 0 Å². The molecule has 0 fully saturated rings. The molecule has 0 saturated carbocycles. The van der Waals surface area contributed by atoms with Crippen LogP contribution in [0.1, 0.15) is 11.6 Å². The first-order valence-corrected chi connectivity index (χ1v) is 5.81. The molecule has 1 aliphatic rings. The molecule has 0 saturated heterocycles. The Morgan fingerprint density at radius 1 is 1.53 bits per heavy atom. The van der Waals surface area contributed by atoms with E-state index in [4.69, 9.17) is 4.74 Å². The van der Waals surface area contributed by atoms with Crippen LogP contribution in [-0.2, 0) is 7.05 Å². The topological polar surface area (TPSA) is 82.2 Å². The maximum Gasteiger partial charge on any atom is 0.406 e. The minimum Gasteiger partial charge on any atom is -0.491 e. The number of nitrogens with one attached hydrogen (secondary N) is 1. The van der Waals surface area contributed by atoms with Gasteiger partial charge in [-0.25, -0.2) is 0 Å². The molecule has 0 aliphatic carbocycles. The molecule has 1 unspecified atom stereocenters. The van der Waals surface area contributed by atoms with Gasteiger partial charge in [0, 0.05) is 12.6 Å². The van der Waals surface area contributed by atoms with Crippen molar-refractivity contribution >= 4 is 11.6 Å². The van der Waals surface area contributed by atoms with Crippen molar-refractivity contribution in [2.24, 2.45) is 7.05 Å². The van der Waals surface area contributed by atoms with Gasteiger partial charge in [-0.2, -0.15) is 0 Å². The van der Waals surface area contributed by atoms with E-state index in [1.807, 2.05) is 24.3 Å². The molecule has 0 bridgehead atoms. The molecule has 1 N–H and O–H groups in total. The minimum atomic E-state index is -0.496. The van der Waals surface area contributed by atoms with E-state index in [0.29, 0.717) is 12.4 Å². The number of para-hydroxylation sites is 1. The number of hydrogen-bond acceptors (Lipinski definition) is 5. The molecule has 1 atom stereocenters. The lowest BCUT2D eigenvalue weighted by molar-refractivity contribution is -0.388. The first-order chi connectivity index (χ1) is 9.16. The van der Waals surface area contributed by atoms with E-state index >= 15 is 0 Å². The van der Waals surface area contributed by atoms with Gasteiger partial charge in [-0.1, -0.05) is 18.2 Å². The number of nitro groups is 1. The largest absolute Gasteiger partial charge is 0.491 e. The standard InChI is InChI=1S/C12H12N4O3/c1-15-7-13-11(16(17)18)12(15)14-9-6-19-10-5-3-2-4-8(9)10/h2-5,7,9,14H,6H2,1H3. The molecule has 7 heteroatoms. The zero-order valence-corrected chi connectivity index (χ0v) is 10.2. The van der Waals surface area contributed by atoms with E-state index in [1.165, 1.54) is 6.33 Å². The van der Waals surface area contributed by atoms with Gasteiger partial charge in [-0.05, 0) is 16.0 Å². The number of aromatic nitrogens is 2. The van der Waals surface area contributed by atoms with Crippen LogP contribution in [0.3, 0.4) is 0 Å². The monoisotopic (exact) mass is 260 g/mol. The first kappa shape index (κ1) is 11.5. The number of hydrogen-bond donors (Lipinski definition) is 1. The van der Waals surface area contributed by atoms with Crippen LogP contribution in [0.15, 0.2) is 30.6 Å². The van der Waals surface area contributed by atoms with Crippen LogP contribution in [0.2, 0.25) is 0 Å². The van der Waals surface area contributed by atoms with Crippen LogP contribution >= 0.6 is 0 Å². The fourth-order valence-electron chi connectivity index (χ4n) is 2.17. The smallest absolute Gasteiger partial charge is 0.406 e. The van der Waals surface area contributed by atoms with Crippen molar-refractivity contribution in [1.82, 2.24) is 9.55 Å². The highest BCUT2D eigenvalue weighted by Gasteiger charge is 2.28. The summed E-state index contributed by atoms with van der Waals surface area (Å²) in [5.74, 6) is 1.02. The first-order valence-electron chi connectivity index (χ1n) is 5.81. The van der Waals surface area contributed by atoms with E-state index < -0.39 is 4.92 Å². The summed E-state index contributed by atoms with van der Waals surface area (Å²) in [5.41, 5.74) is 0.998. The van der Waals surface area contributed by atoms with E-state index in [2.05, 4.69) is 10.3 Å². The maximum absolute atomic E-state index is 10.9. The lowest BCUT2D eigenvalue weighted by Crippen LogP contribution is -2.15. The molecule has 1 aliphatic heterocycles. The van der Waals surface area contributed by atoms with Crippen molar-refractivity contribution in [1.29, 1.82) is 0 Å². The Kier molecular flexibility index (Phi) is 2.59. The third-order valence-corrected chi connectivity index (χ3v) is 3.10. The highest BCUT2D eigenvalue weighted by atomic mass is 16.6. The van der Waals surface area contributed by atoms with Gasteiger partial charge in [-0.3, -0.25) is 4.57 Å². The number of nitrogens with zero attached hydrogens (tertiary/aromatic N) is 3. The summed E-state index contributed by atoms with van der Waals surface area (Å²) in [4.78, 5) is 14.2. The highest BCUT2D eigenvalue weighted by Crippen LogP contribution is 2.35. The van der Waals surface area contributed by atoms with Gasteiger partial charge in [0.2, 0.25) is 12.1 Å². The molecule has 19 heavy (non-hydrogen) atoms. The van der Waals surface area contributed by atoms with Crippen molar-refractivity contribution in [3.8, 4) is 5.75 Å². The summed E-state index contributed by atoms with van der Waals surface area (Å²) in [7, 11) is 1.71. The summed E-state index contributed by atoms with van der Waals surface area (Å²) in [6.07, 6.45) is 1.42. The summed E-state index contributed by atoms with van der Waals surface area (Å²) >= 11 is 0. The normalized spacial score (nSPS) is 16.8. The number of aryl methyl sites for hydroxylation is 1. The molecule has 1 aromatic heterocycles. The number of anilines is 1. The van der Waals surface area contributed by atoms with Crippen LogP contribution < -0.4 is 10.1 Å². The molecule has 0 radical (unpaired) electrons. The number of benzene rings is 1. The second-order valence-electron chi connectivity index (χ2n) is 4.33. The van der Waals surface area contributed by atoms with E-state index in [9.17, 15) is 10.1 Å². The predicted octanol–water partition coefficient (Wildman–Crippen LogP) is 1.87. The van der Waals surface area contributed by atoms with Crippen LogP contribution in [0.4, 0.5) is 11.6 Å². The minimum absolute atomic E-state index is 0.106. The molecule has 0 spiro atoms. The molecule has 7 nitrogen and oxygen atoms in total. The van der Waals surface area contributed by atoms with Gasteiger partial charge in [0.25, 0.3) is 0 Å². The van der Waals surface area contributed by atoms with Crippen LogP contribution in [-0.4, -0.2) is 21.1 Å². The average Bonchev–Trinajstić information content (AvgIpc) is 2.96. The van der Waals surface area contributed by atoms with Crippen molar-refractivity contribution in [2.45, 2.75) is 6.04 Å².